The molecule has 1 unspecified atom stereocenters. The van der Waals surface area contributed by atoms with Crippen LogP contribution in [0.25, 0.3) is 0 Å². The first-order valence-electron chi connectivity index (χ1n) is 12.6. The Labute approximate surface area is 196 Å². The summed E-state index contributed by atoms with van der Waals surface area (Å²) < 4.78 is 21.5. The van der Waals surface area contributed by atoms with Gasteiger partial charge in [-0.15, -0.1) is 0 Å². The summed E-state index contributed by atoms with van der Waals surface area (Å²) in [6.45, 7) is 26.5. The molecule has 4 nitrogen and oxygen atoms in total. The largest absolute Gasteiger partial charge is 0.511 e. The molecule has 0 aliphatic heterocycles. The highest BCUT2D eigenvalue weighted by Gasteiger charge is 2.47. The molecule has 0 bridgehead atoms. The summed E-state index contributed by atoms with van der Waals surface area (Å²) in [5.74, 6) is 0. The maximum absolute atomic E-state index is 6.10. The normalized spacial score (nSPS) is 14.5. The van der Waals surface area contributed by atoms with E-state index in [0.717, 1.165) is 5.38 Å². The number of hydrogen-bond donors (Lipinski definition) is 0. The van der Waals surface area contributed by atoms with Crippen LogP contribution in [0.2, 0.25) is 36.3 Å². The van der Waals surface area contributed by atoms with Crippen LogP contribution in [0, 0.1) is 0 Å². The Bertz CT molecular complexity index is 384. The molecule has 0 heterocycles. The fraction of sp³-hybridized carbons (Fsp3) is 1.00. The second kappa shape index (κ2) is 15.6. The van der Waals surface area contributed by atoms with Crippen molar-refractivity contribution in [3.63, 3.8) is 0 Å². The average molecular weight is 496 g/mol. The van der Waals surface area contributed by atoms with Crippen LogP contribution in [0.3, 0.4) is 0 Å². The molecule has 0 saturated carbocycles. The summed E-state index contributed by atoms with van der Waals surface area (Å²) >= 11 is 2.02. The van der Waals surface area contributed by atoms with Gasteiger partial charge in [0, 0.05) is 25.1 Å². The molecule has 0 spiro atoms. The molecule has 0 N–H and O–H groups in total. The van der Waals surface area contributed by atoms with Crippen molar-refractivity contribution in [3.8, 4) is 0 Å². The van der Waals surface area contributed by atoms with Gasteiger partial charge in [0.05, 0.1) is 5.38 Å². The molecule has 0 fully saturated rings. The van der Waals surface area contributed by atoms with Gasteiger partial charge >= 0.3 is 8.80 Å². The van der Waals surface area contributed by atoms with Gasteiger partial charge < -0.3 is 17.5 Å². The van der Waals surface area contributed by atoms with Crippen LogP contribution in [0.1, 0.15) is 69.2 Å². The molecule has 8 heteroatoms. The molecule has 0 aromatic carbocycles. The highest BCUT2D eigenvalue weighted by Crippen LogP contribution is 2.37. The van der Waals surface area contributed by atoms with Crippen LogP contribution >= 0.6 is 11.8 Å². The van der Waals surface area contributed by atoms with Crippen molar-refractivity contribution in [2.75, 3.05) is 31.7 Å². The quantitative estimate of drug-likeness (QED) is 0.180. The van der Waals surface area contributed by atoms with E-state index in [0.29, 0.717) is 25.1 Å². The van der Waals surface area contributed by atoms with Crippen molar-refractivity contribution in [3.05, 3.63) is 0 Å². The molecule has 0 radical (unpaired) electrons. The second-order valence-corrected chi connectivity index (χ2v) is 23.5. The molecule has 30 heavy (non-hydrogen) atoms. The van der Waals surface area contributed by atoms with E-state index in [1.807, 2.05) is 32.5 Å². The topological polar surface area (TPSA) is 30.9 Å². The van der Waals surface area contributed by atoms with Crippen molar-refractivity contribution < 1.29 is 13.3 Å². The zero-order chi connectivity index (χ0) is 23.3. The van der Waals surface area contributed by atoms with Gasteiger partial charge in [0.25, 0.3) is 0 Å². The minimum absolute atomic E-state index is 0.561. The Morgan fingerprint density at radius 1 is 0.633 bits per heavy atom. The van der Waals surface area contributed by atoms with Gasteiger partial charge in [-0.1, -0.05) is 48.5 Å². The SMILES string of the molecule is CCO[Si](CSC(C)CN([Si](CC)(CC)CC)[Si](CC)(CC)CC)(OCC)OCC. The van der Waals surface area contributed by atoms with E-state index in [2.05, 4.69) is 52.7 Å². The molecule has 0 saturated heterocycles. The first-order valence-corrected chi connectivity index (χ1v) is 20.7. The third-order valence-corrected chi connectivity index (χ3v) is 25.6. The van der Waals surface area contributed by atoms with Crippen LogP contribution in [0.15, 0.2) is 0 Å². The molecule has 0 aliphatic carbocycles. The zero-order valence-corrected chi connectivity index (χ0v) is 25.8. The number of nitrogens with zero attached hydrogens (tertiary/aromatic N) is 1. The van der Waals surface area contributed by atoms with E-state index in [4.69, 9.17) is 13.3 Å². The van der Waals surface area contributed by atoms with E-state index >= 15 is 0 Å². The van der Waals surface area contributed by atoms with Gasteiger partial charge in [-0.3, -0.25) is 0 Å². The Kier molecular flexibility index (Phi) is 16.1. The molecular weight excluding hydrogens is 443 g/mol. The predicted octanol–water partition coefficient (Wildman–Crippen LogP) is 7.01. The van der Waals surface area contributed by atoms with Gasteiger partial charge in [-0.25, -0.2) is 0 Å². The Morgan fingerprint density at radius 2 is 0.967 bits per heavy atom. The number of thioether (sulfide) groups is 1. The lowest BCUT2D eigenvalue weighted by Crippen LogP contribution is -2.67. The summed E-state index contributed by atoms with van der Waals surface area (Å²) in [6.07, 6.45) is 0. The third kappa shape index (κ3) is 8.01. The summed E-state index contributed by atoms with van der Waals surface area (Å²) in [6, 6.07) is 8.26. The highest BCUT2D eigenvalue weighted by molar-refractivity contribution is 8.01. The van der Waals surface area contributed by atoms with Gasteiger partial charge in [0.1, 0.15) is 16.5 Å². The van der Waals surface area contributed by atoms with E-state index in [-0.39, 0.29) is 0 Å². The summed E-state index contributed by atoms with van der Waals surface area (Å²) in [5, 5.41) is 1.42. The molecular formula is C22H53NO3SSi3. The number of rotatable bonds is 19. The highest BCUT2D eigenvalue weighted by atomic mass is 32.2. The molecule has 0 rings (SSSR count). The van der Waals surface area contributed by atoms with Gasteiger partial charge in [0.15, 0.2) is 0 Å². The van der Waals surface area contributed by atoms with Crippen LogP contribution in [0.4, 0.5) is 0 Å². The van der Waals surface area contributed by atoms with Gasteiger partial charge in [0.2, 0.25) is 0 Å². The number of hydrogen-bond acceptors (Lipinski definition) is 5. The Balaban J connectivity index is 5.68. The predicted molar refractivity (Wildman–Crippen MR) is 144 cm³/mol. The average Bonchev–Trinajstić information content (AvgIpc) is 2.76. The third-order valence-electron chi connectivity index (χ3n) is 7.17. The summed E-state index contributed by atoms with van der Waals surface area (Å²) in [7, 11) is -5.44. The Hall–Kier alpha value is 0.841. The molecule has 0 aromatic rings. The van der Waals surface area contributed by atoms with Crippen LogP contribution < -0.4 is 0 Å². The minimum atomic E-state index is -2.58. The Morgan fingerprint density at radius 3 is 1.23 bits per heavy atom. The maximum atomic E-state index is 6.10. The van der Waals surface area contributed by atoms with Crippen LogP contribution in [-0.2, 0) is 13.3 Å². The van der Waals surface area contributed by atoms with E-state index in [1.165, 1.54) is 42.8 Å². The minimum Gasteiger partial charge on any atom is -0.373 e. The maximum Gasteiger partial charge on any atom is 0.511 e. The molecule has 182 valence electrons. The summed E-state index contributed by atoms with van der Waals surface area (Å²) in [5.41, 5.74) is 0. The second-order valence-electron chi connectivity index (χ2n) is 8.28. The molecule has 0 aromatic heterocycles. The monoisotopic (exact) mass is 495 g/mol. The smallest absolute Gasteiger partial charge is 0.373 e. The van der Waals surface area contributed by atoms with Crippen molar-refractivity contribution in [1.82, 2.24) is 4.23 Å². The van der Waals surface area contributed by atoms with E-state index in [9.17, 15) is 0 Å². The lowest BCUT2D eigenvalue weighted by molar-refractivity contribution is 0.0773. The van der Waals surface area contributed by atoms with Gasteiger partial charge in [-0.05, 0) is 63.6 Å². The molecule has 0 aliphatic rings. The standard InChI is InChI=1S/C22H53NO3SSi3/c1-11-24-30(25-12-2,26-13-3)21-27-22(10)20-23(28(14-4,15-5)16-6)29(17-7,18-8)19-9/h22H,11-21H2,1-10H3. The van der Waals surface area contributed by atoms with Gasteiger partial charge in [-0.2, -0.15) is 11.8 Å². The molecule has 0 amide bonds. The van der Waals surface area contributed by atoms with Crippen molar-refractivity contribution in [2.24, 2.45) is 0 Å². The van der Waals surface area contributed by atoms with Crippen LogP contribution in [0.5, 0.6) is 0 Å². The first kappa shape index (κ1) is 30.8. The van der Waals surface area contributed by atoms with E-state index in [1.54, 1.807) is 0 Å². The summed E-state index contributed by atoms with van der Waals surface area (Å²) in [4.78, 5) is 0. The fourth-order valence-electron chi connectivity index (χ4n) is 5.00. The lowest BCUT2D eigenvalue weighted by atomic mass is 10.5. The van der Waals surface area contributed by atoms with Crippen molar-refractivity contribution >= 4 is 37.0 Å². The van der Waals surface area contributed by atoms with E-state index < -0.39 is 25.3 Å². The zero-order valence-electron chi connectivity index (χ0n) is 21.9. The first-order chi connectivity index (χ1) is 14.3. The molecule has 1 atom stereocenters. The lowest BCUT2D eigenvalue weighted by Gasteiger charge is -2.53. The van der Waals surface area contributed by atoms with Crippen LogP contribution in [-0.4, -0.2) is 66.5 Å². The van der Waals surface area contributed by atoms with Crippen molar-refractivity contribution in [2.45, 2.75) is 111 Å². The fourth-order valence-corrected chi connectivity index (χ4v) is 23.5. The van der Waals surface area contributed by atoms with Crippen molar-refractivity contribution in [1.29, 1.82) is 0 Å².